The monoisotopic (exact) mass is 652 g/mol. The lowest BCUT2D eigenvalue weighted by atomic mass is 9.89. The molecule has 3 aromatic rings. The second kappa shape index (κ2) is 12.7. The van der Waals surface area contributed by atoms with Crippen molar-refractivity contribution in [3.05, 3.63) is 46.6 Å². The lowest BCUT2D eigenvalue weighted by Crippen LogP contribution is -2.72. The molecule has 250 valence electrons. The van der Waals surface area contributed by atoms with Crippen LogP contribution in [0.2, 0.25) is 0 Å². The van der Waals surface area contributed by atoms with Gasteiger partial charge in [0.05, 0.1) is 13.2 Å². The van der Waals surface area contributed by atoms with Crippen LogP contribution in [0.4, 0.5) is 0 Å². The molecule has 2 aliphatic rings. The molecule has 0 bridgehead atoms. The van der Waals surface area contributed by atoms with Gasteiger partial charge in [-0.3, -0.25) is 9.59 Å². The predicted octanol–water partition coefficient (Wildman–Crippen LogP) is -2.46. The summed E-state index contributed by atoms with van der Waals surface area (Å²) in [5, 5.41) is 103. The van der Waals surface area contributed by atoms with E-state index in [-0.39, 0.29) is 17.1 Å². The topological polar surface area (TPSA) is 286 Å². The molecule has 2 saturated heterocycles. The van der Waals surface area contributed by atoms with Gasteiger partial charge < -0.3 is 74.4 Å². The Morgan fingerprint density at radius 2 is 1.50 bits per heavy atom. The van der Waals surface area contributed by atoms with E-state index in [1.807, 2.05) is 0 Å². The molecule has 2 fully saturated rings. The Hall–Kier alpha value is -3.88. The number of aliphatic hydroxyl groups is 7. The van der Waals surface area contributed by atoms with Crippen molar-refractivity contribution in [2.45, 2.75) is 67.8 Å². The number of phenolic OH excluding ortho intramolecular Hbond substituents is 3. The van der Waals surface area contributed by atoms with Gasteiger partial charge >= 0.3 is 0 Å². The lowest BCUT2D eigenvalue weighted by molar-refractivity contribution is -0.377. The molecule has 0 amide bonds. The maximum Gasteiger partial charge on any atom is 0.300 e. The molecule has 1 aromatic heterocycles. The van der Waals surface area contributed by atoms with Crippen LogP contribution in [0, 0.1) is 0 Å². The van der Waals surface area contributed by atoms with Crippen LogP contribution in [0.1, 0.15) is 6.92 Å². The first-order chi connectivity index (χ1) is 21.7. The minimum absolute atomic E-state index is 0.0842. The van der Waals surface area contributed by atoms with E-state index in [0.29, 0.717) is 0 Å². The number of carbonyl (C=O) groups excluding carboxylic acids is 1. The second-order valence-electron chi connectivity index (χ2n) is 10.9. The Kier molecular flexibility index (Phi) is 9.26. The van der Waals surface area contributed by atoms with Crippen molar-refractivity contribution in [2.24, 2.45) is 0 Å². The normalized spacial score (nSPS) is 33.2. The summed E-state index contributed by atoms with van der Waals surface area (Å²) in [5.74, 6) is -6.77. The highest BCUT2D eigenvalue weighted by molar-refractivity contribution is 5.92. The first-order valence-corrected chi connectivity index (χ1v) is 13.9. The lowest BCUT2D eigenvalue weighted by Gasteiger charge is -2.50. The summed E-state index contributed by atoms with van der Waals surface area (Å²) in [5.41, 5.74) is -1.14. The molecule has 2 aliphatic heterocycles. The predicted molar refractivity (Wildman–Crippen MR) is 150 cm³/mol. The SMILES string of the molecule is CC(=O)C1(Oc2cc(O)c3c(=O)cc(-c4ccc(O)cc4)oc3c2O)OC(CO)C(O)C(O)C1OC1OC(CO)C(O)C(O)C1O. The number of fused-ring (bicyclic) bond motifs is 1. The van der Waals surface area contributed by atoms with Gasteiger partial charge in [-0.05, 0) is 24.3 Å². The minimum atomic E-state index is -2.92. The highest BCUT2D eigenvalue weighted by Gasteiger charge is 2.62. The Morgan fingerprint density at radius 1 is 0.870 bits per heavy atom. The molecule has 17 nitrogen and oxygen atoms in total. The fourth-order valence-electron chi connectivity index (χ4n) is 5.35. The van der Waals surface area contributed by atoms with Gasteiger partial charge in [0.25, 0.3) is 5.79 Å². The molecule has 3 heterocycles. The zero-order valence-corrected chi connectivity index (χ0v) is 23.9. The fraction of sp³-hybridized carbons (Fsp3) is 0.448. The van der Waals surface area contributed by atoms with Gasteiger partial charge in [0.2, 0.25) is 11.5 Å². The number of hydrogen-bond donors (Lipinski definition) is 10. The smallest absolute Gasteiger partial charge is 0.300 e. The molecule has 10 N–H and O–H groups in total. The molecular formula is C29H32O17. The van der Waals surface area contributed by atoms with E-state index >= 15 is 0 Å². The van der Waals surface area contributed by atoms with E-state index in [2.05, 4.69) is 0 Å². The van der Waals surface area contributed by atoms with Gasteiger partial charge in [-0.15, -0.1) is 0 Å². The molecule has 0 aliphatic carbocycles. The highest BCUT2D eigenvalue weighted by atomic mass is 16.8. The highest BCUT2D eigenvalue weighted by Crippen LogP contribution is 2.45. The van der Waals surface area contributed by atoms with Crippen molar-refractivity contribution < 1.29 is 79.2 Å². The summed E-state index contributed by atoms with van der Waals surface area (Å²) < 4.78 is 28.1. The number of ketones is 1. The standard InChI is InChI=1S/C29H32O17/c1-10(32)29(27(24(40)21(37)18(9-31)46-29)44-28-25(41)23(39)20(36)17(8-30)43-28)45-16-7-14(35)19-13(34)6-15(42-26(19)22(16)38)11-2-4-12(33)5-3-11/h2-7,17-18,20-21,23-25,27-28,30-31,33,35-41H,8-9H2,1H3. The van der Waals surface area contributed by atoms with Crippen molar-refractivity contribution in [3.63, 3.8) is 0 Å². The minimum Gasteiger partial charge on any atom is -0.508 e. The number of phenols is 3. The summed E-state index contributed by atoms with van der Waals surface area (Å²) in [6, 6.07) is 7.16. The van der Waals surface area contributed by atoms with Crippen LogP contribution in [-0.2, 0) is 19.0 Å². The van der Waals surface area contributed by atoms with E-state index in [1.165, 1.54) is 24.3 Å². The van der Waals surface area contributed by atoms with Crippen molar-refractivity contribution >= 4 is 16.8 Å². The average Bonchev–Trinajstić information content (AvgIpc) is 3.02. The van der Waals surface area contributed by atoms with Crippen LogP contribution in [0.25, 0.3) is 22.3 Å². The van der Waals surface area contributed by atoms with E-state index in [1.54, 1.807) is 0 Å². The van der Waals surface area contributed by atoms with Gasteiger partial charge in [0.15, 0.2) is 29.2 Å². The van der Waals surface area contributed by atoms with E-state index < -0.39 is 114 Å². The van der Waals surface area contributed by atoms with Gasteiger partial charge in [-0.1, -0.05) is 0 Å². The molecule has 17 heteroatoms. The molecule has 46 heavy (non-hydrogen) atoms. The summed E-state index contributed by atoms with van der Waals surface area (Å²) in [6.45, 7) is -0.966. The molecule has 0 spiro atoms. The van der Waals surface area contributed by atoms with Crippen LogP contribution in [0.3, 0.4) is 0 Å². The van der Waals surface area contributed by atoms with Gasteiger partial charge in [-0.2, -0.15) is 0 Å². The van der Waals surface area contributed by atoms with Crippen molar-refractivity contribution in [1.82, 2.24) is 0 Å². The largest absolute Gasteiger partial charge is 0.508 e. The van der Waals surface area contributed by atoms with E-state index in [4.69, 9.17) is 23.4 Å². The third kappa shape index (κ3) is 5.66. The second-order valence-corrected chi connectivity index (χ2v) is 10.9. The third-order valence-electron chi connectivity index (χ3n) is 7.88. The number of hydrogen-bond acceptors (Lipinski definition) is 17. The Balaban J connectivity index is 1.62. The zero-order valence-electron chi connectivity index (χ0n) is 23.9. The van der Waals surface area contributed by atoms with Gasteiger partial charge in [0.1, 0.15) is 65.4 Å². The van der Waals surface area contributed by atoms with Crippen molar-refractivity contribution in [1.29, 1.82) is 0 Å². The molecule has 5 rings (SSSR count). The zero-order chi connectivity index (χ0) is 33.7. The van der Waals surface area contributed by atoms with Crippen molar-refractivity contribution in [2.75, 3.05) is 13.2 Å². The van der Waals surface area contributed by atoms with E-state index in [0.717, 1.165) is 19.1 Å². The average molecular weight is 653 g/mol. The van der Waals surface area contributed by atoms with E-state index in [9.17, 15) is 60.7 Å². The van der Waals surface area contributed by atoms with Crippen LogP contribution in [0.5, 0.6) is 23.0 Å². The Labute approximate surface area is 258 Å². The number of benzene rings is 2. The maximum absolute atomic E-state index is 13.3. The van der Waals surface area contributed by atoms with Gasteiger partial charge in [0, 0.05) is 24.6 Å². The third-order valence-corrected chi connectivity index (χ3v) is 7.88. The maximum atomic E-state index is 13.3. The first kappa shape index (κ1) is 33.5. The molecular weight excluding hydrogens is 620 g/mol. The molecule has 2 aromatic carbocycles. The number of ether oxygens (including phenoxy) is 4. The summed E-state index contributed by atoms with van der Waals surface area (Å²) >= 11 is 0. The molecule has 10 unspecified atom stereocenters. The number of aliphatic hydroxyl groups excluding tert-OH is 7. The van der Waals surface area contributed by atoms with Gasteiger partial charge in [-0.25, -0.2) is 0 Å². The first-order valence-electron chi connectivity index (χ1n) is 13.9. The molecule has 10 atom stereocenters. The van der Waals surface area contributed by atoms with Crippen LogP contribution in [0.15, 0.2) is 45.6 Å². The summed E-state index contributed by atoms with van der Waals surface area (Å²) in [4.78, 5) is 26.3. The number of Topliss-reactive ketones (excluding diaryl/α,β-unsaturated/α-hetero) is 1. The number of carbonyl (C=O) groups is 1. The summed E-state index contributed by atoms with van der Waals surface area (Å²) in [7, 11) is 0. The van der Waals surface area contributed by atoms with Crippen molar-refractivity contribution in [3.8, 4) is 34.3 Å². The number of rotatable bonds is 8. The quantitative estimate of drug-likeness (QED) is 0.113. The van der Waals surface area contributed by atoms with Crippen LogP contribution >= 0.6 is 0 Å². The van der Waals surface area contributed by atoms with Crippen LogP contribution < -0.4 is 10.2 Å². The molecule has 0 radical (unpaired) electrons. The fourth-order valence-corrected chi connectivity index (χ4v) is 5.35. The Bertz CT molecular complexity index is 1640. The Morgan fingerprint density at radius 3 is 2.11 bits per heavy atom. The summed E-state index contributed by atoms with van der Waals surface area (Å²) in [6.07, 6.45) is -17.3. The van der Waals surface area contributed by atoms with Crippen LogP contribution in [-0.4, -0.2) is 131 Å². The number of aromatic hydroxyl groups is 3. The molecule has 0 saturated carbocycles.